The van der Waals surface area contributed by atoms with Gasteiger partial charge >= 0.3 is 202 Å². The average Bonchev–Trinajstić information content (AvgIpc) is 3.16. The summed E-state index contributed by atoms with van der Waals surface area (Å²) in [5.74, 6) is 0.403. The van der Waals surface area contributed by atoms with Crippen molar-refractivity contribution in [3.8, 4) is 0 Å². The van der Waals surface area contributed by atoms with Crippen molar-refractivity contribution in [2.75, 3.05) is 0 Å². The van der Waals surface area contributed by atoms with Crippen LogP contribution in [0.3, 0.4) is 0 Å². The van der Waals surface area contributed by atoms with Crippen molar-refractivity contribution in [1.29, 1.82) is 0 Å². The summed E-state index contributed by atoms with van der Waals surface area (Å²) in [7, 11) is 0. The molecule has 5 unspecified atom stereocenters. The largest absolute Gasteiger partial charge is 0.0683 e. The number of ether oxygens (including phenoxy) is 3. The summed E-state index contributed by atoms with van der Waals surface area (Å²) in [5.41, 5.74) is 6.06. The van der Waals surface area contributed by atoms with Gasteiger partial charge in [-0.1, -0.05) is 166 Å². The molecule has 5 atom stereocenters. The van der Waals surface area contributed by atoms with Crippen LogP contribution in [-0.4, -0.2) is 47.8 Å². The molecule has 4 nitrogen and oxygen atoms in total. The van der Waals surface area contributed by atoms with E-state index >= 15 is 4.39 Å². The number of hydrogen-bond acceptors (Lipinski definition) is 4. The van der Waals surface area contributed by atoms with E-state index in [0.717, 1.165) is 38.5 Å². The van der Waals surface area contributed by atoms with E-state index < -0.39 is 15.9 Å². The molecular formula is C49H107FNO3Pb. The van der Waals surface area contributed by atoms with E-state index in [1.54, 1.807) is 0 Å². The molecular weight excluding hydrogens is 877 g/mol. The first-order valence-corrected chi connectivity index (χ1v) is 25.8. The summed E-state index contributed by atoms with van der Waals surface area (Å²) in [4.78, 5) is 0. The molecule has 6 heteroatoms. The molecule has 0 spiro atoms. The minimum Gasteiger partial charge on any atom is -0.0683 e. The molecule has 0 aliphatic rings. The number of rotatable bonds is 33. The maximum atomic E-state index is 15.4. The third-order valence-corrected chi connectivity index (χ3v) is 10.8. The Kier molecular flexibility index (Phi) is 68.7. The SMILES string of the molecule is C.C=C(OC(CC)C(C)CC)[C](F)([Pb])OC(CCCCCCCCC)OC(N)CCC.CC.CCC.CCCCCC.CCCCCCCCCCCCC. The van der Waals surface area contributed by atoms with Gasteiger partial charge in [0.1, 0.15) is 0 Å². The van der Waals surface area contributed by atoms with Crippen LogP contribution in [0.25, 0.3) is 0 Å². The molecule has 0 aliphatic heterocycles. The summed E-state index contributed by atoms with van der Waals surface area (Å²) >= 11 is 0.115. The van der Waals surface area contributed by atoms with Crippen molar-refractivity contribution in [2.24, 2.45) is 11.7 Å². The van der Waals surface area contributed by atoms with Gasteiger partial charge in [-0.3, -0.25) is 0 Å². The normalized spacial score (nSPS) is 13.6. The van der Waals surface area contributed by atoms with Gasteiger partial charge in [0.2, 0.25) is 0 Å². The molecule has 0 fully saturated rings. The molecule has 0 bridgehead atoms. The minimum atomic E-state index is -1.99. The third kappa shape index (κ3) is 54.3. The van der Waals surface area contributed by atoms with Crippen LogP contribution in [0.1, 0.15) is 277 Å². The van der Waals surface area contributed by atoms with Crippen LogP contribution < -0.4 is 5.73 Å². The predicted octanol–water partition coefficient (Wildman–Crippen LogP) is 17.7. The number of hydrogen-bond donors (Lipinski definition) is 1. The van der Waals surface area contributed by atoms with Gasteiger partial charge in [0, 0.05) is 0 Å². The van der Waals surface area contributed by atoms with E-state index in [1.165, 1.54) is 135 Å². The molecule has 0 aromatic heterocycles. The van der Waals surface area contributed by atoms with Crippen molar-refractivity contribution in [1.82, 2.24) is 0 Å². The van der Waals surface area contributed by atoms with Crippen LogP contribution in [0.2, 0.25) is 0 Å². The molecule has 3 radical (unpaired) electrons. The second-order valence-corrected chi connectivity index (χ2v) is 17.5. The zero-order chi connectivity index (χ0) is 42.3. The molecule has 55 heavy (non-hydrogen) atoms. The maximum absolute atomic E-state index is 15.4. The fourth-order valence-electron chi connectivity index (χ4n) is 5.58. The summed E-state index contributed by atoms with van der Waals surface area (Å²) < 4.78 is 31.0. The monoisotopic (exact) mass is 985 g/mol. The van der Waals surface area contributed by atoms with E-state index in [0.29, 0.717) is 12.3 Å². The molecule has 337 valence electrons. The predicted molar refractivity (Wildman–Crippen MR) is 251 cm³/mol. The Morgan fingerprint density at radius 3 is 1.22 bits per heavy atom. The first kappa shape index (κ1) is 67.1. The number of unbranched alkanes of at least 4 members (excludes halogenated alkanes) is 19. The fourth-order valence-corrected chi connectivity index (χ4v) is 6.32. The first-order valence-electron chi connectivity index (χ1n) is 23.8. The molecule has 0 amide bonds. The van der Waals surface area contributed by atoms with Crippen molar-refractivity contribution in [3.05, 3.63) is 12.3 Å². The molecule has 0 saturated carbocycles. The van der Waals surface area contributed by atoms with Crippen molar-refractivity contribution < 1.29 is 18.6 Å². The molecule has 0 aliphatic carbocycles. The van der Waals surface area contributed by atoms with Crippen molar-refractivity contribution in [2.45, 2.75) is 299 Å². The van der Waals surface area contributed by atoms with Gasteiger partial charge in [-0.25, -0.2) is 0 Å². The Balaban J connectivity index is -0.000000197. The number of halogens is 1. The van der Waals surface area contributed by atoms with E-state index in [2.05, 4.69) is 75.8 Å². The van der Waals surface area contributed by atoms with Crippen LogP contribution >= 0.6 is 0 Å². The Morgan fingerprint density at radius 1 is 0.582 bits per heavy atom. The van der Waals surface area contributed by atoms with Gasteiger partial charge in [-0.15, -0.1) is 0 Å². The topological polar surface area (TPSA) is 53.7 Å². The quantitative estimate of drug-likeness (QED) is 0.0308. The van der Waals surface area contributed by atoms with Gasteiger partial charge in [0.15, 0.2) is 0 Å². The summed E-state index contributed by atoms with van der Waals surface area (Å²) in [6.45, 7) is 31.7. The Hall–Kier alpha value is 0.272. The van der Waals surface area contributed by atoms with E-state index in [1.807, 2.05) is 20.8 Å². The van der Waals surface area contributed by atoms with E-state index in [9.17, 15) is 0 Å². The summed E-state index contributed by atoms with van der Waals surface area (Å²) in [5, 5.41) is 0. The minimum absolute atomic E-state index is 0. The molecule has 0 aromatic rings. The smallest absolute Gasteiger partial charge is 0.0533 e. The fraction of sp³-hybridized carbons (Fsp3) is 0.959. The summed E-state index contributed by atoms with van der Waals surface area (Å²) in [6.07, 6.45) is 33.9. The van der Waals surface area contributed by atoms with Gasteiger partial charge < -0.3 is 0 Å². The number of nitrogens with two attached hydrogens (primary N) is 1. The molecule has 0 aromatic carbocycles. The van der Waals surface area contributed by atoms with Crippen LogP contribution in [0.4, 0.5) is 4.39 Å². The van der Waals surface area contributed by atoms with Crippen LogP contribution in [0, 0.1) is 5.92 Å². The second-order valence-electron chi connectivity index (χ2n) is 15.0. The van der Waals surface area contributed by atoms with Crippen LogP contribution in [-0.2, 0) is 14.2 Å². The summed E-state index contributed by atoms with van der Waals surface area (Å²) in [6, 6.07) is 0. The standard InChI is InChI=1S/C24H47FNO3.C13H28.C6H14.C3H8.C2H6.CH4.Pb/c1-7-11-12-13-14-15-16-18-23(28-22(26)17-8-2)29-24(25)20(6)27-21(10-4)19(5)9-3;1-3-5-7-9-11-13-12-10-8-6-4-2;1-3-5-6-4-2;1-3-2;1-2;;/h19,21-23H,6-18,26H2,1-5H3;3-13H2,1-2H3;3-6H2,1-2H3;3H2,1-2H3;1-2H3;1H4;. The first-order chi connectivity index (χ1) is 26.0. The Bertz CT molecular complexity index is 652. The second kappa shape index (κ2) is 56.4. The van der Waals surface area contributed by atoms with Crippen molar-refractivity contribution in [3.63, 3.8) is 0 Å². The molecule has 0 saturated heterocycles. The number of alkyl halides is 1. The van der Waals surface area contributed by atoms with E-state index in [4.69, 9.17) is 19.9 Å². The van der Waals surface area contributed by atoms with Gasteiger partial charge in [-0.05, 0) is 0 Å². The molecule has 2 N–H and O–H groups in total. The Labute approximate surface area is 365 Å². The van der Waals surface area contributed by atoms with Gasteiger partial charge in [0.25, 0.3) is 0 Å². The van der Waals surface area contributed by atoms with Gasteiger partial charge in [-0.2, -0.15) is 0 Å². The zero-order valence-electron chi connectivity index (χ0n) is 39.5. The van der Waals surface area contributed by atoms with Crippen LogP contribution in [0.5, 0.6) is 0 Å². The van der Waals surface area contributed by atoms with E-state index in [-0.39, 0.29) is 45.1 Å². The van der Waals surface area contributed by atoms with Gasteiger partial charge in [0.05, 0.1) is 0 Å². The third-order valence-electron chi connectivity index (χ3n) is 9.23. The average molecular weight is 985 g/mol. The molecule has 0 heterocycles. The molecule has 0 rings (SSSR count). The maximum Gasteiger partial charge on any atom is -0.0533 e. The Morgan fingerprint density at radius 2 is 0.909 bits per heavy atom. The van der Waals surface area contributed by atoms with Crippen LogP contribution in [0.15, 0.2) is 12.3 Å². The zero-order valence-corrected chi connectivity index (χ0v) is 43.4. The van der Waals surface area contributed by atoms with Crippen molar-refractivity contribution >= 4 is 25.8 Å².